The molecule has 5 heteroatoms. The summed E-state index contributed by atoms with van der Waals surface area (Å²) in [6.45, 7) is 7.20. The predicted octanol–water partition coefficient (Wildman–Crippen LogP) is 1.88. The number of aliphatic carboxylic acids is 1. The fourth-order valence-corrected chi connectivity index (χ4v) is 1.04. The number of hydrogen-bond acceptors (Lipinski definition) is 3. The van der Waals surface area contributed by atoms with Crippen LogP contribution < -0.4 is 0 Å². The number of halogens is 1. The van der Waals surface area contributed by atoms with E-state index in [-0.39, 0.29) is 18.8 Å². The average molecular weight is 254 g/mol. The number of ether oxygens (including phenoxy) is 1. The highest BCUT2D eigenvalue weighted by Crippen LogP contribution is 1.98. The van der Waals surface area contributed by atoms with Crippen LogP contribution in [-0.4, -0.2) is 49.3 Å². The van der Waals surface area contributed by atoms with E-state index in [1.165, 1.54) is 0 Å². The zero-order chi connectivity index (χ0) is 11.7. The maximum Gasteiger partial charge on any atom is 0.304 e. The normalized spacial score (nSPS) is 10.6. The van der Waals surface area contributed by atoms with E-state index in [1.54, 1.807) is 0 Å². The third-order valence-corrected chi connectivity index (χ3v) is 2.16. The van der Waals surface area contributed by atoms with Crippen molar-refractivity contribution in [2.75, 3.05) is 33.4 Å². The Bertz CT molecular complexity index is 177. The zero-order valence-electron chi connectivity index (χ0n) is 10.4. The van der Waals surface area contributed by atoms with Crippen molar-refractivity contribution in [3.05, 3.63) is 0 Å². The Morgan fingerprint density at radius 2 is 1.94 bits per heavy atom. The minimum absolute atomic E-state index is 0. The molecule has 98 valence electrons. The molecule has 4 nitrogen and oxygen atoms in total. The maximum atomic E-state index is 10.3. The molecule has 0 radical (unpaired) electrons. The van der Waals surface area contributed by atoms with Crippen molar-refractivity contribution >= 4 is 18.4 Å². The molecule has 0 aliphatic carbocycles. The third-order valence-electron chi connectivity index (χ3n) is 2.16. The molecule has 0 aromatic carbocycles. The van der Waals surface area contributed by atoms with Crippen molar-refractivity contribution in [1.29, 1.82) is 0 Å². The van der Waals surface area contributed by atoms with E-state index in [0.717, 1.165) is 19.6 Å². The second-order valence-corrected chi connectivity index (χ2v) is 4.24. The molecule has 0 aromatic heterocycles. The van der Waals surface area contributed by atoms with Gasteiger partial charge in [-0.15, -0.1) is 12.4 Å². The van der Waals surface area contributed by atoms with Gasteiger partial charge in [0.25, 0.3) is 0 Å². The minimum atomic E-state index is -0.748. The summed E-state index contributed by atoms with van der Waals surface area (Å²) in [5.41, 5.74) is 0. The molecule has 1 N–H and O–H groups in total. The first kappa shape index (κ1) is 18.1. The number of rotatable bonds is 9. The number of nitrogens with zero attached hydrogens (tertiary/aromatic N) is 1. The van der Waals surface area contributed by atoms with Crippen molar-refractivity contribution in [1.82, 2.24) is 4.90 Å². The van der Waals surface area contributed by atoms with Gasteiger partial charge in [-0.1, -0.05) is 13.8 Å². The minimum Gasteiger partial charge on any atom is -0.481 e. The first-order valence-electron chi connectivity index (χ1n) is 5.50. The smallest absolute Gasteiger partial charge is 0.304 e. The van der Waals surface area contributed by atoms with E-state index >= 15 is 0 Å². The fraction of sp³-hybridized carbons (Fsp3) is 0.909. The molecule has 0 heterocycles. The van der Waals surface area contributed by atoms with Crippen LogP contribution in [0.15, 0.2) is 0 Å². The van der Waals surface area contributed by atoms with Crippen molar-refractivity contribution in [3.63, 3.8) is 0 Å². The van der Waals surface area contributed by atoms with Crippen LogP contribution in [0.2, 0.25) is 0 Å². The molecule has 0 aliphatic heterocycles. The summed E-state index contributed by atoms with van der Waals surface area (Å²) in [5, 5.41) is 8.48. The number of hydrogen-bond donors (Lipinski definition) is 1. The molecule has 0 amide bonds. The zero-order valence-corrected chi connectivity index (χ0v) is 11.3. The van der Waals surface area contributed by atoms with Crippen LogP contribution in [0, 0.1) is 5.92 Å². The van der Waals surface area contributed by atoms with Gasteiger partial charge in [0.2, 0.25) is 0 Å². The molecular formula is C11H24ClNO3. The summed E-state index contributed by atoms with van der Waals surface area (Å²) >= 11 is 0. The molecule has 0 aliphatic rings. The van der Waals surface area contributed by atoms with Gasteiger partial charge in [-0.05, 0) is 19.4 Å². The van der Waals surface area contributed by atoms with Gasteiger partial charge in [-0.3, -0.25) is 4.79 Å². The highest BCUT2D eigenvalue weighted by molar-refractivity contribution is 5.85. The summed E-state index contributed by atoms with van der Waals surface area (Å²) in [7, 11) is 1.91. The lowest BCUT2D eigenvalue weighted by Gasteiger charge is -2.15. The second kappa shape index (κ2) is 11.2. The number of carbonyl (C=O) groups is 1. The Morgan fingerprint density at radius 1 is 1.31 bits per heavy atom. The lowest BCUT2D eigenvalue weighted by atomic mass is 10.1. The summed E-state index contributed by atoms with van der Waals surface area (Å²) in [5.74, 6) is -0.0719. The van der Waals surface area contributed by atoms with Crippen LogP contribution in [0.1, 0.15) is 26.7 Å². The van der Waals surface area contributed by atoms with E-state index in [1.807, 2.05) is 11.9 Å². The van der Waals surface area contributed by atoms with Gasteiger partial charge in [0.05, 0.1) is 13.0 Å². The Balaban J connectivity index is 0. The molecule has 0 fully saturated rings. The van der Waals surface area contributed by atoms with Crippen LogP contribution >= 0.6 is 12.4 Å². The van der Waals surface area contributed by atoms with Gasteiger partial charge >= 0.3 is 5.97 Å². The average Bonchev–Trinajstić information content (AvgIpc) is 2.13. The summed E-state index contributed by atoms with van der Waals surface area (Å²) in [6, 6.07) is 0. The molecule has 0 aromatic rings. The standard InChI is InChI=1S/C11H23NO3.ClH/c1-10(2)5-8-15-9-7-12(3)6-4-11(13)14;/h10H,4-9H2,1-3H3,(H,13,14);1H. The van der Waals surface area contributed by atoms with Crippen LogP contribution in [0.4, 0.5) is 0 Å². The van der Waals surface area contributed by atoms with Crippen molar-refractivity contribution in [2.24, 2.45) is 5.92 Å². The van der Waals surface area contributed by atoms with Gasteiger partial charge < -0.3 is 14.7 Å². The molecule has 0 unspecified atom stereocenters. The quantitative estimate of drug-likeness (QED) is 0.638. The molecule has 0 spiro atoms. The maximum absolute atomic E-state index is 10.3. The summed E-state index contributed by atoms with van der Waals surface area (Å²) in [4.78, 5) is 12.3. The molecule has 16 heavy (non-hydrogen) atoms. The SMILES string of the molecule is CC(C)CCOCCN(C)CCC(=O)O.Cl. The molecular weight excluding hydrogens is 230 g/mol. The van der Waals surface area contributed by atoms with E-state index in [9.17, 15) is 4.79 Å². The molecule has 0 saturated heterocycles. The molecule has 0 saturated carbocycles. The van der Waals surface area contributed by atoms with E-state index in [2.05, 4.69) is 13.8 Å². The Morgan fingerprint density at radius 3 is 2.44 bits per heavy atom. The van der Waals surface area contributed by atoms with Crippen LogP contribution in [0.25, 0.3) is 0 Å². The van der Waals surface area contributed by atoms with E-state index < -0.39 is 5.97 Å². The fourth-order valence-electron chi connectivity index (χ4n) is 1.04. The van der Waals surface area contributed by atoms with Gasteiger partial charge in [0, 0.05) is 19.7 Å². The summed E-state index contributed by atoms with van der Waals surface area (Å²) in [6.07, 6.45) is 1.28. The Labute approximate surface area is 104 Å². The number of likely N-dealkylation sites (N-methyl/N-ethyl adjacent to an activating group) is 1. The van der Waals surface area contributed by atoms with E-state index in [0.29, 0.717) is 19.1 Å². The van der Waals surface area contributed by atoms with Gasteiger partial charge in [0.1, 0.15) is 0 Å². The van der Waals surface area contributed by atoms with E-state index in [4.69, 9.17) is 9.84 Å². The van der Waals surface area contributed by atoms with Crippen LogP contribution in [0.3, 0.4) is 0 Å². The second-order valence-electron chi connectivity index (χ2n) is 4.24. The number of carboxylic acids is 1. The first-order valence-corrected chi connectivity index (χ1v) is 5.50. The third kappa shape index (κ3) is 13.7. The molecule has 0 atom stereocenters. The molecule has 0 rings (SSSR count). The monoisotopic (exact) mass is 253 g/mol. The van der Waals surface area contributed by atoms with Gasteiger partial charge in [0.15, 0.2) is 0 Å². The topological polar surface area (TPSA) is 49.8 Å². The van der Waals surface area contributed by atoms with Gasteiger partial charge in [-0.2, -0.15) is 0 Å². The number of carboxylic acid groups (broad SMARTS) is 1. The largest absolute Gasteiger partial charge is 0.481 e. The Kier molecular flexibility index (Phi) is 12.6. The lowest BCUT2D eigenvalue weighted by molar-refractivity contribution is -0.137. The highest BCUT2D eigenvalue weighted by Gasteiger charge is 2.02. The van der Waals surface area contributed by atoms with Gasteiger partial charge in [-0.25, -0.2) is 0 Å². The Hall–Kier alpha value is -0.320. The lowest BCUT2D eigenvalue weighted by Crippen LogP contribution is -2.26. The highest BCUT2D eigenvalue weighted by atomic mass is 35.5. The van der Waals surface area contributed by atoms with Crippen LogP contribution in [0.5, 0.6) is 0 Å². The predicted molar refractivity (Wildman–Crippen MR) is 67.3 cm³/mol. The summed E-state index contributed by atoms with van der Waals surface area (Å²) < 4.78 is 5.43. The molecule has 0 bridgehead atoms. The van der Waals surface area contributed by atoms with Crippen molar-refractivity contribution in [2.45, 2.75) is 26.7 Å². The van der Waals surface area contributed by atoms with Crippen molar-refractivity contribution in [3.8, 4) is 0 Å². The first-order chi connectivity index (χ1) is 7.02. The van der Waals surface area contributed by atoms with Crippen molar-refractivity contribution < 1.29 is 14.6 Å². The van der Waals surface area contributed by atoms with Crippen LogP contribution in [-0.2, 0) is 9.53 Å².